The van der Waals surface area contributed by atoms with Crippen LogP contribution in [0.5, 0.6) is 0 Å². The van der Waals surface area contributed by atoms with Gasteiger partial charge >= 0.3 is 0 Å². The fourth-order valence-electron chi connectivity index (χ4n) is 2.85. The molecule has 0 atom stereocenters. The predicted molar refractivity (Wildman–Crippen MR) is 121 cm³/mol. The molecule has 0 fully saturated rings. The Kier molecular flexibility index (Phi) is 7.00. The van der Waals surface area contributed by atoms with E-state index in [1.165, 1.54) is 0 Å². The summed E-state index contributed by atoms with van der Waals surface area (Å²) in [5, 5.41) is 5.63. The number of nitrogens with zero attached hydrogens (tertiary/aromatic N) is 1. The first-order valence-corrected chi connectivity index (χ1v) is 9.70. The molecule has 152 valence electrons. The van der Waals surface area contributed by atoms with Crippen LogP contribution in [-0.4, -0.2) is 25.9 Å². The molecule has 3 aromatic carbocycles. The zero-order valence-electron chi connectivity index (χ0n) is 17.1. The maximum atomic E-state index is 12.9. The van der Waals surface area contributed by atoms with Gasteiger partial charge in [-0.15, -0.1) is 0 Å². The van der Waals surface area contributed by atoms with Gasteiger partial charge in [0.1, 0.15) is 5.70 Å². The van der Waals surface area contributed by atoms with Crippen molar-refractivity contribution in [2.45, 2.75) is 6.54 Å². The predicted octanol–water partition coefficient (Wildman–Crippen LogP) is 3.84. The Morgan fingerprint density at radius 1 is 0.833 bits per heavy atom. The third-order valence-corrected chi connectivity index (χ3v) is 4.55. The van der Waals surface area contributed by atoms with E-state index in [2.05, 4.69) is 10.6 Å². The Hall–Kier alpha value is -3.86. The first-order chi connectivity index (χ1) is 14.5. The number of benzene rings is 3. The van der Waals surface area contributed by atoms with Crippen molar-refractivity contribution >= 4 is 23.6 Å². The van der Waals surface area contributed by atoms with E-state index in [0.29, 0.717) is 12.1 Å². The van der Waals surface area contributed by atoms with Crippen LogP contribution in [0.2, 0.25) is 0 Å². The zero-order chi connectivity index (χ0) is 21.3. The molecule has 0 aromatic heterocycles. The van der Waals surface area contributed by atoms with Crippen LogP contribution in [0.4, 0.5) is 5.69 Å². The lowest BCUT2D eigenvalue weighted by Crippen LogP contribution is -2.34. The first-order valence-electron chi connectivity index (χ1n) is 9.70. The fraction of sp³-hybridized carbons (Fsp3) is 0.120. The molecule has 2 N–H and O–H groups in total. The number of nitrogens with one attached hydrogen (secondary N) is 2. The molecule has 5 heteroatoms. The van der Waals surface area contributed by atoms with Crippen molar-refractivity contribution in [1.82, 2.24) is 10.6 Å². The molecule has 0 heterocycles. The van der Waals surface area contributed by atoms with Crippen LogP contribution < -0.4 is 15.5 Å². The minimum Gasteiger partial charge on any atom is -0.378 e. The van der Waals surface area contributed by atoms with Crippen molar-refractivity contribution in [3.63, 3.8) is 0 Å². The van der Waals surface area contributed by atoms with E-state index in [9.17, 15) is 9.59 Å². The molecule has 5 nitrogen and oxygen atoms in total. The molecule has 0 bridgehead atoms. The number of carbonyl (C=O) groups is 2. The van der Waals surface area contributed by atoms with Crippen LogP contribution in [0.15, 0.2) is 90.6 Å². The van der Waals surface area contributed by atoms with Crippen molar-refractivity contribution in [3.8, 4) is 0 Å². The third-order valence-electron chi connectivity index (χ3n) is 4.55. The van der Waals surface area contributed by atoms with Gasteiger partial charge in [0.2, 0.25) is 0 Å². The van der Waals surface area contributed by atoms with Crippen molar-refractivity contribution in [3.05, 3.63) is 107 Å². The average molecular weight is 399 g/mol. The second kappa shape index (κ2) is 10.1. The van der Waals surface area contributed by atoms with Gasteiger partial charge in [-0.25, -0.2) is 0 Å². The Balaban J connectivity index is 1.81. The summed E-state index contributed by atoms with van der Waals surface area (Å²) in [6.07, 6.45) is 1.68. The van der Waals surface area contributed by atoms with Gasteiger partial charge < -0.3 is 15.5 Å². The zero-order valence-corrected chi connectivity index (χ0v) is 17.1. The summed E-state index contributed by atoms with van der Waals surface area (Å²) >= 11 is 0. The van der Waals surface area contributed by atoms with Crippen LogP contribution in [0.3, 0.4) is 0 Å². The van der Waals surface area contributed by atoms with Gasteiger partial charge in [-0.3, -0.25) is 9.59 Å². The van der Waals surface area contributed by atoms with Crippen molar-refractivity contribution in [2.24, 2.45) is 0 Å². The van der Waals surface area contributed by atoms with Gasteiger partial charge in [0.05, 0.1) is 0 Å². The van der Waals surface area contributed by atoms with Crippen LogP contribution in [0.25, 0.3) is 6.08 Å². The molecule has 0 aliphatic rings. The highest BCUT2D eigenvalue weighted by Crippen LogP contribution is 2.14. The lowest BCUT2D eigenvalue weighted by molar-refractivity contribution is -0.117. The van der Waals surface area contributed by atoms with Gasteiger partial charge in [0.15, 0.2) is 0 Å². The van der Waals surface area contributed by atoms with E-state index >= 15 is 0 Å². The molecule has 0 radical (unpaired) electrons. The molecule has 0 unspecified atom stereocenters. The van der Waals surface area contributed by atoms with Crippen molar-refractivity contribution < 1.29 is 9.59 Å². The van der Waals surface area contributed by atoms with E-state index < -0.39 is 0 Å². The van der Waals surface area contributed by atoms with Gasteiger partial charge in [0, 0.05) is 31.9 Å². The molecule has 0 saturated carbocycles. The molecule has 2 amide bonds. The maximum Gasteiger partial charge on any atom is 0.268 e. The summed E-state index contributed by atoms with van der Waals surface area (Å²) in [6, 6.07) is 26.2. The lowest BCUT2D eigenvalue weighted by Gasteiger charge is -2.13. The molecule has 0 aliphatic heterocycles. The van der Waals surface area contributed by atoms with Crippen LogP contribution >= 0.6 is 0 Å². The second-order valence-corrected chi connectivity index (χ2v) is 7.03. The number of carbonyl (C=O) groups excluding carboxylic acids is 2. The van der Waals surface area contributed by atoms with Gasteiger partial charge in [-0.05, 0) is 41.5 Å². The van der Waals surface area contributed by atoms with Gasteiger partial charge in [0.25, 0.3) is 11.8 Å². The highest BCUT2D eigenvalue weighted by atomic mass is 16.2. The Bertz CT molecular complexity index is 1010. The quantitative estimate of drug-likeness (QED) is 0.594. The smallest absolute Gasteiger partial charge is 0.268 e. The van der Waals surface area contributed by atoms with E-state index in [4.69, 9.17) is 0 Å². The third kappa shape index (κ3) is 5.82. The van der Waals surface area contributed by atoms with Crippen LogP contribution in [0, 0.1) is 0 Å². The molecule has 0 spiro atoms. The molecule has 30 heavy (non-hydrogen) atoms. The molecule has 0 aliphatic carbocycles. The number of hydrogen-bond donors (Lipinski definition) is 2. The first kappa shape index (κ1) is 20.9. The minimum absolute atomic E-state index is 0.192. The number of rotatable bonds is 7. The van der Waals surface area contributed by atoms with E-state index in [-0.39, 0.29) is 17.5 Å². The Labute approximate surface area is 177 Å². The summed E-state index contributed by atoms with van der Waals surface area (Å²) in [5.74, 6) is -0.679. The Morgan fingerprint density at radius 3 is 2.03 bits per heavy atom. The molecule has 3 aromatic rings. The van der Waals surface area contributed by atoms with Crippen molar-refractivity contribution in [2.75, 3.05) is 19.0 Å². The fourth-order valence-corrected chi connectivity index (χ4v) is 2.85. The molecule has 0 saturated heterocycles. The molecule has 3 rings (SSSR count). The van der Waals surface area contributed by atoms with E-state index in [1.807, 2.05) is 79.7 Å². The topological polar surface area (TPSA) is 61.4 Å². The maximum absolute atomic E-state index is 12.9. The van der Waals surface area contributed by atoms with Crippen LogP contribution in [0.1, 0.15) is 21.5 Å². The van der Waals surface area contributed by atoms with E-state index in [1.54, 1.807) is 30.3 Å². The number of hydrogen-bond acceptors (Lipinski definition) is 3. The monoisotopic (exact) mass is 399 g/mol. The summed E-state index contributed by atoms with van der Waals surface area (Å²) in [6.45, 7) is 0.373. The lowest BCUT2D eigenvalue weighted by atomic mass is 10.1. The largest absolute Gasteiger partial charge is 0.378 e. The van der Waals surface area contributed by atoms with E-state index in [0.717, 1.165) is 16.8 Å². The SMILES string of the molecule is CN(C)c1ccc(/C=C(/NC(=O)c2ccccc2)C(=O)NCc2ccccc2)cc1. The molecular formula is C25H25N3O2. The van der Waals surface area contributed by atoms with Gasteiger partial charge in [-0.1, -0.05) is 60.7 Å². The summed E-state index contributed by atoms with van der Waals surface area (Å²) < 4.78 is 0. The summed E-state index contributed by atoms with van der Waals surface area (Å²) in [5.41, 5.74) is 3.53. The normalized spacial score (nSPS) is 10.9. The number of amides is 2. The highest BCUT2D eigenvalue weighted by Gasteiger charge is 2.14. The summed E-state index contributed by atoms with van der Waals surface area (Å²) in [7, 11) is 3.93. The average Bonchev–Trinajstić information content (AvgIpc) is 2.78. The second-order valence-electron chi connectivity index (χ2n) is 7.03. The highest BCUT2D eigenvalue weighted by molar-refractivity contribution is 6.05. The summed E-state index contributed by atoms with van der Waals surface area (Å²) in [4.78, 5) is 27.5. The minimum atomic E-state index is -0.347. The van der Waals surface area contributed by atoms with Gasteiger partial charge in [-0.2, -0.15) is 0 Å². The Morgan fingerprint density at radius 2 is 1.43 bits per heavy atom. The number of anilines is 1. The standard InChI is InChI=1S/C25H25N3O2/c1-28(2)22-15-13-19(14-16-22)17-23(27-24(29)21-11-7-4-8-12-21)25(30)26-18-20-9-5-3-6-10-20/h3-17H,18H2,1-2H3,(H,26,30)(H,27,29)/b23-17+. The van der Waals surface area contributed by atoms with Crippen molar-refractivity contribution in [1.29, 1.82) is 0 Å². The molecular weight excluding hydrogens is 374 g/mol. The van der Waals surface area contributed by atoms with Crippen LogP contribution in [-0.2, 0) is 11.3 Å².